The average Bonchev–Trinajstić information content (AvgIpc) is 2.04. The van der Waals surface area contributed by atoms with Gasteiger partial charge >= 0.3 is 0 Å². The fraction of sp³-hybridized carbons (Fsp3) is 0.750. The Morgan fingerprint density at radius 2 is 2.42 bits per heavy atom. The number of ether oxygens (including phenoxy) is 1. The van der Waals surface area contributed by atoms with Crippen LogP contribution in [0.5, 0.6) is 0 Å². The third-order valence-corrected chi connectivity index (χ3v) is 2.00. The molecular formula is C8H12O4. The summed E-state index contributed by atoms with van der Waals surface area (Å²) in [4.78, 5) is 21.9. The van der Waals surface area contributed by atoms with Crippen molar-refractivity contribution in [3.8, 4) is 0 Å². The Balaban J connectivity index is 2.59. The molecule has 4 nitrogen and oxygen atoms in total. The molecule has 0 aliphatic carbocycles. The Hall–Kier alpha value is -0.740. The molecule has 12 heavy (non-hydrogen) atoms. The summed E-state index contributed by atoms with van der Waals surface area (Å²) in [5.41, 5.74) is 0. The maximum absolute atomic E-state index is 11.1. The third kappa shape index (κ3) is 1.89. The molecule has 0 aromatic carbocycles. The summed E-state index contributed by atoms with van der Waals surface area (Å²) in [5, 5.41) is 9.27. The molecule has 0 radical (unpaired) electrons. The second-order valence-electron chi connectivity index (χ2n) is 2.95. The fourth-order valence-corrected chi connectivity index (χ4v) is 1.21. The summed E-state index contributed by atoms with van der Waals surface area (Å²) in [7, 11) is 0. The van der Waals surface area contributed by atoms with Gasteiger partial charge in [0.2, 0.25) is 0 Å². The van der Waals surface area contributed by atoms with E-state index in [9.17, 15) is 14.7 Å². The van der Waals surface area contributed by atoms with Crippen LogP contribution in [0.1, 0.15) is 13.3 Å². The molecule has 1 aliphatic rings. The smallest absolute Gasteiger partial charge is 0.159 e. The van der Waals surface area contributed by atoms with Crippen LogP contribution in [-0.4, -0.2) is 36.0 Å². The van der Waals surface area contributed by atoms with Gasteiger partial charge in [0.1, 0.15) is 11.9 Å². The van der Waals surface area contributed by atoms with Gasteiger partial charge in [0, 0.05) is 6.42 Å². The van der Waals surface area contributed by atoms with Gasteiger partial charge in [-0.2, -0.15) is 0 Å². The standard InChI is InChI=1S/C8H12O4/c1-5(9)8(11)6-4-12-3-2-7(6)10/h6,8,11H,2-4H2,1H3/t6-,8+/m1/s1. The molecule has 68 valence electrons. The fourth-order valence-electron chi connectivity index (χ4n) is 1.21. The van der Waals surface area contributed by atoms with Crippen LogP contribution in [0.3, 0.4) is 0 Å². The van der Waals surface area contributed by atoms with Gasteiger partial charge in [-0.15, -0.1) is 0 Å². The minimum atomic E-state index is -1.18. The highest BCUT2D eigenvalue weighted by molar-refractivity contribution is 5.90. The second-order valence-corrected chi connectivity index (χ2v) is 2.95. The normalized spacial score (nSPS) is 26.8. The van der Waals surface area contributed by atoms with E-state index in [1.807, 2.05) is 0 Å². The highest BCUT2D eigenvalue weighted by Crippen LogP contribution is 2.14. The number of carbonyl (C=O) groups is 2. The van der Waals surface area contributed by atoms with E-state index in [2.05, 4.69) is 0 Å². The summed E-state index contributed by atoms with van der Waals surface area (Å²) in [6.45, 7) is 1.84. The first kappa shape index (κ1) is 9.35. The van der Waals surface area contributed by atoms with E-state index in [-0.39, 0.29) is 18.2 Å². The number of rotatable bonds is 2. The van der Waals surface area contributed by atoms with Crippen molar-refractivity contribution in [3.63, 3.8) is 0 Å². The summed E-state index contributed by atoms with van der Waals surface area (Å²) in [5.74, 6) is -1.10. The topological polar surface area (TPSA) is 63.6 Å². The summed E-state index contributed by atoms with van der Waals surface area (Å²) in [6.07, 6.45) is -0.882. The molecule has 1 saturated heterocycles. The van der Waals surface area contributed by atoms with Crippen LogP contribution in [0.4, 0.5) is 0 Å². The monoisotopic (exact) mass is 172 g/mol. The van der Waals surface area contributed by atoms with Crippen LogP contribution in [0.25, 0.3) is 0 Å². The lowest BCUT2D eigenvalue weighted by molar-refractivity contribution is -0.143. The lowest BCUT2D eigenvalue weighted by Gasteiger charge is -2.23. The van der Waals surface area contributed by atoms with Crippen LogP contribution < -0.4 is 0 Å². The van der Waals surface area contributed by atoms with E-state index < -0.39 is 12.0 Å². The molecular weight excluding hydrogens is 160 g/mol. The largest absolute Gasteiger partial charge is 0.384 e. The van der Waals surface area contributed by atoms with Crippen molar-refractivity contribution >= 4 is 11.6 Å². The van der Waals surface area contributed by atoms with Crippen molar-refractivity contribution in [2.75, 3.05) is 13.2 Å². The van der Waals surface area contributed by atoms with Gasteiger partial charge in [0.15, 0.2) is 5.78 Å². The molecule has 0 saturated carbocycles. The molecule has 2 atom stereocenters. The quantitative estimate of drug-likeness (QED) is 0.612. The van der Waals surface area contributed by atoms with Crippen molar-refractivity contribution in [2.45, 2.75) is 19.4 Å². The second kappa shape index (κ2) is 3.78. The van der Waals surface area contributed by atoms with Crippen molar-refractivity contribution in [3.05, 3.63) is 0 Å². The highest BCUT2D eigenvalue weighted by Gasteiger charge is 2.32. The van der Waals surface area contributed by atoms with E-state index in [4.69, 9.17) is 4.74 Å². The van der Waals surface area contributed by atoms with Crippen LogP contribution in [0, 0.1) is 5.92 Å². The van der Waals surface area contributed by atoms with Crippen LogP contribution in [-0.2, 0) is 14.3 Å². The Morgan fingerprint density at radius 1 is 1.75 bits per heavy atom. The Morgan fingerprint density at radius 3 is 2.92 bits per heavy atom. The molecule has 0 amide bonds. The summed E-state index contributed by atoms with van der Waals surface area (Å²) in [6, 6.07) is 0. The zero-order valence-electron chi connectivity index (χ0n) is 6.95. The molecule has 1 N–H and O–H groups in total. The Labute approximate surface area is 70.5 Å². The molecule has 0 bridgehead atoms. The zero-order valence-corrected chi connectivity index (χ0v) is 6.95. The molecule has 1 fully saturated rings. The van der Waals surface area contributed by atoms with Crippen LogP contribution >= 0.6 is 0 Å². The van der Waals surface area contributed by atoms with Crippen molar-refractivity contribution in [1.82, 2.24) is 0 Å². The molecule has 0 aromatic heterocycles. The van der Waals surface area contributed by atoms with Gasteiger partial charge in [0.05, 0.1) is 19.1 Å². The maximum atomic E-state index is 11.1. The molecule has 4 heteroatoms. The minimum Gasteiger partial charge on any atom is -0.384 e. The number of hydrogen-bond donors (Lipinski definition) is 1. The summed E-state index contributed by atoms with van der Waals surface area (Å²) < 4.78 is 4.99. The lowest BCUT2D eigenvalue weighted by Crippen LogP contribution is -2.40. The number of ketones is 2. The van der Waals surface area contributed by atoms with E-state index in [1.165, 1.54) is 6.92 Å². The van der Waals surface area contributed by atoms with Gasteiger partial charge in [-0.1, -0.05) is 0 Å². The molecule has 1 aliphatic heterocycles. The Kier molecular flexibility index (Phi) is 2.94. The molecule has 0 spiro atoms. The van der Waals surface area contributed by atoms with Crippen molar-refractivity contribution in [1.29, 1.82) is 0 Å². The predicted octanol–water partition coefficient (Wildman–Crippen LogP) is -0.458. The van der Waals surface area contributed by atoms with Gasteiger partial charge in [-0.25, -0.2) is 0 Å². The van der Waals surface area contributed by atoms with Gasteiger partial charge in [0.25, 0.3) is 0 Å². The predicted molar refractivity (Wildman–Crippen MR) is 40.6 cm³/mol. The summed E-state index contributed by atoms with van der Waals surface area (Å²) >= 11 is 0. The van der Waals surface area contributed by atoms with E-state index in [0.717, 1.165) is 0 Å². The number of hydrogen-bond acceptors (Lipinski definition) is 4. The first-order chi connectivity index (χ1) is 5.63. The van der Waals surface area contributed by atoms with Gasteiger partial charge in [-0.3, -0.25) is 9.59 Å². The average molecular weight is 172 g/mol. The lowest BCUT2D eigenvalue weighted by atomic mass is 9.92. The Bertz CT molecular complexity index is 199. The third-order valence-electron chi connectivity index (χ3n) is 2.00. The van der Waals surface area contributed by atoms with Crippen molar-refractivity contribution in [2.24, 2.45) is 5.92 Å². The van der Waals surface area contributed by atoms with E-state index >= 15 is 0 Å². The molecule has 1 rings (SSSR count). The first-order valence-electron chi connectivity index (χ1n) is 3.92. The van der Waals surface area contributed by atoms with Crippen LogP contribution in [0.2, 0.25) is 0 Å². The van der Waals surface area contributed by atoms with Crippen LogP contribution in [0.15, 0.2) is 0 Å². The number of aliphatic hydroxyl groups excluding tert-OH is 1. The van der Waals surface area contributed by atoms with Gasteiger partial charge in [-0.05, 0) is 6.92 Å². The minimum absolute atomic E-state index is 0.0797. The van der Waals surface area contributed by atoms with Crippen molar-refractivity contribution < 1.29 is 19.4 Å². The SMILES string of the molecule is CC(=O)[C@H](O)[C@@H]1COCCC1=O. The molecule has 0 unspecified atom stereocenters. The first-order valence-corrected chi connectivity index (χ1v) is 3.92. The molecule has 1 heterocycles. The zero-order chi connectivity index (χ0) is 9.14. The number of aliphatic hydroxyl groups is 1. The maximum Gasteiger partial charge on any atom is 0.159 e. The highest BCUT2D eigenvalue weighted by atomic mass is 16.5. The molecule has 0 aromatic rings. The van der Waals surface area contributed by atoms with E-state index in [1.54, 1.807) is 0 Å². The number of carbonyl (C=O) groups excluding carboxylic acids is 2. The number of Topliss-reactive ketones (excluding diaryl/α,β-unsaturated/α-hetero) is 2. The van der Waals surface area contributed by atoms with Gasteiger partial charge < -0.3 is 9.84 Å². The van der Waals surface area contributed by atoms with E-state index in [0.29, 0.717) is 13.0 Å².